The van der Waals surface area contributed by atoms with Crippen LogP contribution in [-0.2, 0) is 40.2 Å². The van der Waals surface area contributed by atoms with E-state index in [1.807, 2.05) is 34.0 Å². The number of carbonyl (C=O) groups is 1. The van der Waals surface area contributed by atoms with Crippen LogP contribution < -0.4 is 10.6 Å². The normalized spacial score (nSPS) is 39.6. The molecule has 288 valence electrons. The zero-order valence-corrected chi connectivity index (χ0v) is 32.9. The average molecular weight is 710 g/mol. The second-order valence-corrected chi connectivity index (χ2v) is 16.0. The predicted octanol–water partition coefficient (Wildman–Crippen LogP) is 6.13. The van der Waals surface area contributed by atoms with Gasteiger partial charge in [-0.1, -0.05) is 67.5 Å². The smallest absolute Gasteiger partial charge is 0.407 e. The van der Waals surface area contributed by atoms with Crippen LogP contribution in [0.1, 0.15) is 102 Å². The molecule has 3 saturated heterocycles. The first-order valence-electron chi connectivity index (χ1n) is 19.1. The zero-order chi connectivity index (χ0) is 36.9. The van der Waals surface area contributed by atoms with Gasteiger partial charge in [-0.2, -0.15) is 0 Å². The summed E-state index contributed by atoms with van der Waals surface area (Å²) in [6, 6.07) is 0.0951. The van der Waals surface area contributed by atoms with Crippen LogP contribution in [-0.4, -0.2) is 95.3 Å². The van der Waals surface area contributed by atoms with Crippen molar-refractivity contribution in [2.75, 3.05) is 18.5 Å². The van der Waals surface area contributed by atoms with Gasteiger partial charge in [0.2, 0.25) is 0 Å². The Balaban J connectivity index is 1.35. The molecule has 0 aliphatic carbocycles. The Morgan fingerprint density at radius 1 is 0.780 bits per heavy atom. The molecule has 4 rings (SSSR count). The molecule has 0 radical (unpaired) electrons. The molecule has 0 bridgehead atoms. The van der Waals surface area contributed by atoms with Gasteiger partial charge < -0.3 is 43.8 Å². The van der Waals surface area contributed by atoms with Crippen LogP contribution in [0.15, 0.2) is 6.20 Å². The Kier molecular flexibility index (Phi) is 14.4. The fourth-order valence-electron chi connectivity index (χ4n) is 7.51. The molecule has 3 aliphatic heterocycles. The van der Waals surface area contributed by atoms with Crippen molar-refractivity contribution in [3.63, 3.8) is 0 Å². The second kappa shape index (κ2) is 17.7. The lowest BCUT2D eigenvalue weighted by Gasteiger charge is -2.51. The first-order chi connectivity index (χ1) is 23.6. The lowest BCUT2D eigenvalue weighted by atomic mass is 9.80. The van der Waals surface area contributed by atoms with Gasteiger partial charge in [0.1, 0.15) is 5.60 Å². The molecular weight excluding hydrogens is 642 g/mol. The summed E-state index contributed by atoms with van der Waals surface area (Å²) in [7, 11) is 1.87. The van der Waals surface area contributed by atoms with Crippen molar-refractivity contribution in [3.05, 3.63) is 6.20 Å². The fraction of sp³-hybridized carbons (Fsp3) is 0.919. The Hall–Kier alpha value is -2.03. The Bertz CT molecular complexity index is 1190. The molecule has 15 atom stereocenters. The van der Waals surface area contributed by atoms with E-state index in [2.05, 4.69) is 83.3 Å². The SMILES string of the molecule is CCC1OC(OC2C(CC)OC(OC3C(CC)OC(OCCNC(=O)OC(C)(C)C)C(C)C3C)C(C)C2C)C(C)C(C)C1Nc1cn(C)nn1. The number of hydrogen-bond acceptors (Lipinski definition) is 11. The number of ether oxygens (including phenoxy) is 7. The molecule has 0 aromatic carbocycles. The topological polar surface area (TPSA) is 136 Å². The zero-order valence-electron chi connectivity index (χ0n) is 32.9. The third kappa shape index (κ3) is 9.89. The monoisotopic (exact) mass is 709 g/mol. The molecule has 1 aromatic rings. The van der Waals surface area contributed by atoms with Crippen LogP contribution in [0.4, 0.5) is 10.6 Å². The number of nitrogens with one attached hydrogen (secondary N) is 2. The standard InChI is InChI=1S/C37H67N5O8/c1-14-26-30(39-29-19-42(13)41-40-29)20(4)23(7)34(45-26)48-32-22(6)25(9)35(47-28(32)16-3)49-31-21(5)24(8)33(46-27(31)15-2)44-18-17-38-36(43)50-37(10,11)12/h19-28,30-35,39H,14-18H2,1-13H3,(H,38,43). The molecule has 0 saturated carbocycles. The molecule has 4 heterocycles. The van der Waals surface area contributed by atoms with Gasteiger partial charge >= 0.3 is 6.09 Å². The first-order valence-corrected chi connectivity index (χ1v) is 19.1. The summed E-state index contributed by atoms with van der Waals surface area (Å²) in [5, 5.41) is 14.7. The molecule has 2 N–H and O–H groups in total. The van der Waals surface area contributed by atoms with Crippen molar-refractivity contribution in [3.8, 4) is 0 Å². The number of nitrogens with zero attached hydrogens (tertiary/aromatic N) is 3. The lowest BCUT2D eigenvalue weighted by molar-refractivity contribution is -0.346. The minimum Gasteiger partial charge on any atom is -0.444 e. The second-order valence-electron chi connectivity index (χ2n) is 16.0. The maximum Gasteiger partial charge on any atom is 0.407 e. The van der Waals surface area contributed by atoms with Crippen LogP contribution in [0.2, 0.25) is 0 Å². The van der Waals surface area contributed by atoms with E-state index in [1.165, 1.54) is 0 Å². The van der Waals surface area contributed by atoms with E-state index in [0.29, 0.717) is 13.2 Å². The number of alkyl carbamates (subject to hydrolysis) is 1. The van der Waals surface area contributed by atoms with Gasteiger partial charge in [0.25, 0.3) is 0 Å². The summed E-state index contributed by atoms with van der Waals surface area (Å²) >= 11 is 0. The number of anilines is 1. The Morgan fingerprint density at radius 3 is 1.78 bits per heavy atom. The van der Waals surface area contributed by atoms with Gasteiger partial charge in [-0.05, 0) is 57.8 Å². The summed E-state index contributed by atoms with van der Waals surface area (Å²) < 4.78 is 46.9. The van der Waals surface area contributed by atoms with Crippen LogP contribution in [0.3, 0.4) is 0 Å². The van der Waals surface area contributed by atoms with E-state index in [1.54, 1.807) is 4.68 Å². The third-order valence-corrected chi connectivity index (χ3v) is 11.2. The quantitative estimate of drug-likeness (QED) is 0.229. The number of aryl methyl sites for hydroxylation is 1. The van der Waals surface area contributed by atoms with E-state index in [4.69, 9.17) is 33.2 Å². The largest absolute Gasteiger partial charge is 0.444 e. The third-order valence-electron chi connectivity index (χ3n) is 11.2. The summed E-state index contributed by atoms with van der Waals surface area (Å²) in [4.78, 5) is 12.0. The van der Waals surface area contributed by atoms with Gasteiger partial charge in [0, 0.05) is 31.3 Å². The molecule has 13 heteroatoms. The number of amides is 1. The first kappa shape index (κ1) is 40.7. The molecular formula is C37H67N5O8. The van der Waals surface area contributed by atoms with Crippen molar-refractivity contribution < 1.29 is 38.0 Å². The average Bonchev–Trinajstić information content (AvgIpc) is 3.48. The molecule has 3 fully saturated rings. The highest BCUT2D eigenvalue weighted by molar-refractivity contribution is 5.67. The molecule has 3 aliphatic rings. The lowest BCUT2D eigenvalue weighted by Crippen LogP contribution is -2.59. The molecule has 13 nitrogen and oxygen atoms in total. The van der Waals surface area contributed by atoms with Crippen molar-refractivity contribution in [1.82, 2.24) is 20.3 Å². The highest BCUT2D eigenvalue weighted by Gasteiger charge is 2.50. The van der Waals surface area contributed by atoms with E-state index < -0.39 is 24.3 Å². The van der Waals surface area contributed by atoms with Crippen molar-refractivity contribution in [2.24, 2.45) is 42.6 Å². The summed E-state index contributed by atoms with van der Waals surface area (Å²) in [6.45, 7) is 25.8. The number of hydrogen-bond donors (Lipinski definition) is 2. The van der Waals surface area contributed by atoms with Gasteiger partial charge in [0.05, 0.1) is 49.4 Å². The Labute approximate surface area is 300 Å². The predicted molar refractivity (Wildman–Crippen MR) is 190 cm³/mol. The maximum absolute atomic E-state index is 12.0. The Morgan fingerprint density at radius 2 is 1.28 bits per heavy atom. The van der Waals surface area contributed by atoms with Gasteiger partial charge in [0.15, 0.2) is 24.7 Å². The highest BCUT2D eigenvalue weighted by atomic mass is 16.7. The summed E-state index contributed by atoms with van der Waals surface area (Å²) in [6.07, 6.45) is 2.10. The van der Waals surface area contributed by atoms with Crippen LogP contribution in [0, 0.1) is 35.5 Å². The van der Waals surface area contributed by atoms with Gasteiger partial charge in [-0.15, -0.1) is 5.10 Å². The van der Waals surface area contributed by atoms with Crippen LogP contribution >= 0.6 is 0 Å². The molecule has 1 amide bonds. The van der Waals surface area contributed by atoms with E-state index in [-0.39, 0.29) is 78.4 Å². The minimum absolute atomic E-state index is 0.0311. The molecule has 50 heavy (non-hydrogen) atoms. The summed E-state index contributed by atoms with van der Waals surface area (Å²) in [5.74, 6) is 1.67. The van der Waals surface area contributed by atoms with Gasteiger partial charge in [-0.25, -0.2) is 4.79 Å². The van der Waals surface area contributed by atoms with Crippen molar-refractivity contribution >= 4 is 11.9 Å². The van der Waals surface area contributed by atoms with Crippen LogP contribution in [0.25, 0.3) is 0 Å². The van der Waals surface area contributed by atoms with Crippen molar-refractivity contribution in [2.45, 2.75) is 163 Å². The summed E-state index contributed by atoms with van der Waals surface area (Å²) in [5.41, 5.74) is -0.548. The molecule has 1 aromatic heterocycles. The van der Waals surface area contributed by atoms with E-state index >= 15 is 0 Å². The number of aromatic nitrogens is 3. The van der Waals surface area contributed by atoms with E-state index in [9.17, 15) is 4.79 Å². The highest BCUT2D eigenvalue weighted by Crippen LogP contribution is 2.42. The number of rotatable bonds is 13. The maximum atomic E-state index is 12.0. The minimum atomic E-state index is -0.548. The fourth-order valence-corrected chi connectivity index (χ4v) is 7.51. The van der Waals surface area contributed by atoms with Crippen molar-refractivity contribution in [1.29, 1.82) is 0 Å². The molecule has 0 spiro atoms. The van der Waals surface area contributed by atoms with E-state index in [0.717, 1.165) is 25.1 Å². The number of carbonyl (C=O) groups excluding carboxylic acids is 1. The molecule has 15 unspecified atom stereocenters. The van der Waals surface area contributed by atoms with Crippen LogP contribution in [0.5, 0.6) is 0 Å². The van der Waals surface area contributed by atoms with Gasteiger partial charge in [-0.3, -0.25) is 4.68 Å².